The molecule has 0 saturated heterocycles. The summed E-state index contributed by atoms with van der Waals surface area (Å²) in [7, 11) is 0. The van der Waals surface area contributed by atoms with Gasteiger partial charge in [0.05, 0.1) is 0 Å². The molecule has 0 saturated carbocycles. The second-order valence-corrected chi connectivity index (χ2v) is 8.92. The molecule has 1 aliphatic carbocycles. The number of rotatable bonds is 9. The second kappa shape index (κ2) is 10.9. The highest BCUT2D eigenvalue weighted by atomic mass is 16.5. The summed E-state index contributed by atoms with van der Waals surface area (Å²) in [5.74, 6) is 3.71. The molecule has 0 spiro atoms. The first-order valence-corrected chi connectivity index (χ1v) is 11.3. The molecule has 178 valence electrons. The van der Waals surface area contributed by atoms with Crippen LogP contribution < -0.4 is 10.6 Å². The van der Waals surface area contributed by atoms with E-state index in [1.54, 1.807) is 20.8 Å². The van der Waals surface area contributed by atoms with Crippen molar-refractivity contribution >= 4 is 18.0 Å². The molecular weight excluding hydrogens is 432 g/mol. The molecule has 3 N–H and O–H groups in total. The summed E-state index contributed by atoms with van der Waals surface area (Å²) in [6, 6.07) is 15.2. The van der Waals surface area contributed by atoms with Crippen LogP contribution in [0.4, 0.5) is 4.79 Å². The zero-order chi connectivity index (χ0) is 24.7. The summed E-state index contributed by atoms with van der Waals surface area (Å²) in [6.07, 6.45) is -0.151. The van der Waals surface area contributed by atoms with Crippen LogP contribution in [-0.2, 0) is 14.3 Å². The molecule has 0 aliphatic heterocycles. The number of carbonyl (C=O) groups is 3. The number of ether oxygens (including phenoxy) is 1. The van der Waals surface area contributed by atoms with Crippen LogP contribution in [0, 0.1) is 11.8 Å². The fourth-order valence-corrected chi connectivity index (χ4v) is 4.07. The Morgan fingerprint density at radius 3 is 2.21 bits per heavy atom. The monoisotopic (exact) mass is 462 g/mol. The number of alkyl carbamates (subject to hydrolysis) is 1. The van der Waals surface area contributed by atoms with Crippen molar-refractivity contribution in [3.63, 3.8) is 0 Å². The minimum atomic E-state index is -1.13. The van der Waals surface area contributed by atoms with Crippen LogP contribution in [0.15, 0.2) is 48.5 Å². The summed E-state index contributed by atoms with van der Waals surface area (Å²) >= 11 is 0. The molecule has 2 aromatic rings. The van der Waals surface area contributed by atoms with Crippen LogP contribution in [0.5, 0.6) is 0 Å². The summed E-state index contributed by atoms with van der Waals surface area (Å²) in [6.45, 7) is 5.39. The topological polar surface area (TPSA) is 105 Å². The Bertz CT molecular complexity index is 1080. The Balaban J connectivity index is 1.52. The highest BCUT2D eigenvalue weighted by Crippen LogP contribution is 2.44. The quantitative estimate of drug-likeness (QED) is 0.488. The van der Waals surface area contributed by atoms with Crippen molar-refractivity contribution in [2.45, 2.75) is 57.5 Å². The number of fused-ring (bicyclic) bond motifs is 3. The van der Waals surface area contributed by atoms with E-state index in [9.17, 15) is 19.5 Å². The fourth-order valence-electron chi connectivity index (χ4n) is 4.07. The van der Waals surface area contributed by atoms with Gasteiger partial charge in [-0.05, 0) is 49.4 Å². The van der Waals surface area contributed by atoms with Crippen LogP contribution in [0.3, 0.4) is 0 Å². The maximum Gasteiger partial charge on any atom is 0.407 e. The van der Waals surface area contributed by atoms with Gasteiger partial charge in [0.1, 0.15) is 12.6 Å². The van der Waals surface area contributed by atoms with Crippen LogP contribution in [-0.4, -0.2) is 41.3 Å². The molecule has 1 atom stereocenters. The van der Waals surface area contributed by atoms with E-state index in [0.29, 0.717) is 6.42 Å². The number of carboxylic acid groups (broad SMARTS) is 1. The number of amides is 2. The molecule has 1 aliphatic rings. The van der Waals surface area contributed by atoms with Gasteiger partial charge in [-0.2, -0.15) is 0 Å². The third kappa shape index (κ3) is 6.16. The fraction of sp³-hybridized carbons (Fsp3) is 0.370. The number of hydrogen-bond donors (Lipinski definition) is 3. The molecule has 34 heavy (non-hydrogen) atoms. The van der Waals surface area contributed by atoms with E-state index < -0.39 is 29.6 Å². The number of nitrogens with one attached hydrogen (secondary N) is 2. The van der Waals surface area contributed by atoms with Gasteiger partial charge < -0.3 is 20.5 Å². The molecule has 3 rings (SSSR count). The van der Waals surface area contributed by atoms with Crippen LogP contribution in [0.2, 0.25) is 0 Å². The van der Waals surface area contributed by atoms with E-state index in [4.69, 9.17) is 4.74 Å². The van der Waals surface area contributed by atoms with Gasteiger partial charge in [-0.3, -0.25) is 4.79 Å². The summed E-state index contributed by atoms with van der Waals surface area (Å²) in [4.78, 5) is 36.0. The lowest BCUT2D eigenvalue weighted by Crippen LogP contribution is -2.46. The van der Waals surface area contributed by atoms with Crippen LogP contribution >= 0.6 is 0 Å². The molecule has 2 amide bonds. The van der Waals surface area contributed by atoms with Gasteiger partial charge in [-0.15, -0.1) is 11.8 Å². The van der Waals surface area contributed by atoms with Crippen molar-refractivity contribution in [2.75, 3.05) is 6.61 Å². The maximum atomic E-state index is 12.5. The van der Waals surface area contributed by atoms with E-state index in [1.165, 1.54) is 0 Å². The van der Waals surface area contributed by atoms with E-state index in [0.717, 1.165) is 22.3 Å². The number of carbonyl (C=O) groups excluding carboxylic acids is 2. The third-order valence-electron chi connectivity index (χ3n) is 5.88. The first-order valence-electron chi connectivity index (χ1n) is 11.3. The average molecular weight is 463 g/mol. The Labute approximate surface area is 199 Å². The second-order valence-electron chi connectivity index (χ2n) is 8.92. The smallest absolute Gasteiger partial charge is 0.407 e. The minimum absolute atomic E-state index is 0.0359. The van der Waals surface area contributed by atoms with E-state index in [1.807, 2.05) is 24.3 Å². The van der Waals surface area contributed by atoms with Crippen LogP contribution in [0.1, 0.15) is 57.1 Å². The van der Waals surface area contributed by atoms with Gasteiger partial charge >= 0.3 is 12.1 Å². The highest BCUT2D eigenvalue weighted by Gasteiger charge is 2.30. The van der Waals surface area contributed by atoms with Gasteiger partial charge in [-0.25, -0.2) is 9.59 Å². The number of carboxylic acids is 1. The lowest BCUT2D eigenvalue weighted by Gasteiger charge is -2.26. The van der Waals surface area contributed by atoms with Crippen molar-refractivity contribution in [1.82, 2.24) is 10.6 Å². The molecule has 2 aromatic carbocycles. The Hall–Kier alpha value is -3.79. The number of benzene rings is 2. The van der Waals surface area contributed by atoms with Gasteiger partial charge in [0.2, 0.25) is 5.91 Å². The first-order chi connectivity index (χ1) is 16.2. The molecule has 0 fully saturated rings. The molecule has 0 aromatic heterocycles. The van der Waals surface area contributed by atoms with Crippen molar-refractivity contribution in [2.24, 2.45) is 0 Å². The maximum absolute atomic E-state index is 12.5. The van der Waals surface area contributed by atoms with Gasteiger partial charge in [-0.1, -0.05) is 48.5 Å². The van der Waals surface area contributed by atoms with E-state index >= 15 is 0 Å². The first kappa shape index (κ1) is 24.8. The predicted octanol–water partition coefficient (Wildman–Crippen LogP) is 4.07. The summed E-state index contributed by atoms with van der Waals surface area (Å²) < 4.78 is 5.58. The van der Waals surface area contributed by atoms with Crippen molar-refractivity contribution in [3.8, 4) is 23.0 Å². The van der Waals surface area contributed by atoms with Crippen molar-refractivity contribution < 1.29 is 24.2 Å². The largest absolute Gasteiger partial charge is 0.480 e. The Morgan fingerprint density at radius 2 is 1.65 bits per heavy atom. The Kier molecular flexibility index (Phi) is 7.95. The molecule has 1 unspecified atom stereocenters. The van der Waals surface area contributed by atoms with E-state index in [2.05, 4.69) is 46.7 Å². The third-order valence-corrected chi connectivity index (χ3v) is 5.88. The molecule has 7 heteroatoms. The normalized spacial score (nSPS) is 13.0. The zero-order valence-corrected chi connectivity index (χ0v) is 19.7. The van der Waals surface area contributed by atoms with Crippen molar-refractivity contribution in [3.05, 3.63) is 59.7 Å². The predicted molar refractivity (Wildman–Crippen MR) is 129 cm³/mol. The van der Waals surface area contributed by atoms with Crippen LogP contribution in [0.25, 0.3) is 11.1 Å². The molecule has 0 bridgehead atoms. The average Bonchev–Trinajstić information content (AvgIpc) is 3.12. The molecule has 0 radical (unpaired) electrons. The van der Waals surface area contributed by atoms with Gasteiger partial charge in [0.15, 0.2) is 0 Å². The highest BCUT2D eigenvalue weighted by molar-refractivity contribution is 5.84. The summed E-state index contributed by atoms with van der Waals surface area (Å²) in [5, 5.41) is 14.5. The van der Waals surface area contributed by atoms with Crippen molar-refractivity contribution in [1.29, 1.82) is 0 Å². The van der Waals surface area contributed by atoms with E-state index in [-0.39, 0.29) is 25.4 Å². The lowest BCUT2D eigenvalue weighted by atomic mass is 9.98. The number of hydrogen-bond acceptors (Lipinski definition) is 4. The SMILES string of the molecule is CC#CCC(NC(=O)CCC(C)(C)NC(=O)OCC1c2ccccc2-c2ccccc21)C(=O)O. The lowest BCUT2D eigenvalue weighted by molar-refractivity contribution is -0.141. The van der Waals surface area contributed by atoms with Gasteiger partial charge in [0.25, 0.3) is 0 Å². The van der Waals surface area contributed by atoms with Gasteiger partial charge in [0, 0.05) is 24.3 Å². The molecule has 7 nitrogen and oxygen atoms in total. The zero-order valence-electron chi connectivity index (χ0n) is 19.7. The minimum Gasteiger partial charge on any atom is -0.480 e. The summed E-state index contributed by atoms with van der Waals surface area (Å²) in [5.41, 5.74) is 3.86. The standard InChI is InChI=1S/C27H30N2O5/c1-4-5-14-23(25(31)32)28-24(30)15-16-27(2,3)29-26(33)34-17-22-20-12-8-6-10-18(20)19-11-7-9-13-21(19)22/h6-13,22-23H,14-17H2,1-3H3,(H,28,30)(H,29,33)(H,31,32). The number of aliphatic carboxylic acids is 1. The molecular formula is C27H30N2O5. The Morgan fingerprint density at radius 1 is 1.06 bits per heavy atom. The molecule has 0 heterocycles.